The summed E-state index contributed by atoms with van der Waals surface area (Å²) in [5, 5.41) is 0. The molecule has 0 aromatic carbocycles. The van der Waals surface area contributed by atoms with Crippen molar-refractivity contribution >= 4 is 11.6 Å². The van der Waals surface area contributed by atoms with Gasteiger partial charge < -0.3 is 0 Å². The lowest BCUT2D eigenvalue weighted by molar-refractivity contribution is 0.638. The van der Waals surface area contributed by atoms with E-state index in [-0.39, 0.29) is 0 Å². The summed E-state index contributed by atoms with van der Waals surface area (Å²) in [7, 11) is 0. The number of unbranched alkanes of at least 4 members (excludes halogenated alkanes) is 7. The summed E-state index contributed by atoms with van der Waals surface area (Å²) in [6.45, 7) is 2.24. The summed E-state index contributed by atoms with van der Waals surface area (Å²) in [5.41, 5.74) is 0. The fraction of sp³-hybridized carbons (Fsp3) is 0.846. The van der Waals surface area contributed by atoms with E-state index >= 15 is 0 Å². The van der Waals surface area contributed by atoms with Gasteiger partial charge in [-0.3, -0.25) is 0 Å². The van der Waals surface area contributed by atoms with Crippen LogP contribution in [0.15, 0.2) is 12.2 Å². The van der Waals surface area contributed by atoms with Crippen LogP contribution in [0.25, 0.3) is 0 Å². The molecule has 0 fully saturated rings. The molecule has 0 atom stereocenters. The molecule has 1 heteroatoms. The second kappa shape index (κ2) is 13.0. The fourth-order valence-corrected chi connectivity index (χ4v) is 1.63. The molecular formula is C13H25Cl. The van der Waals surface area contributed by atoms with Crippen LogP contribution in [0.4, 0.5) is 0 Å². The maximum atomic E-state index is 5.60. The lowest BCUT2D eigenvalue weighted by Crippen LogP contribution is -1.79. The summed E-state index contributed by atoms with van der Waals surface area (Å²) in [6.07, 6.45) is 16.4. The highest BCUT2D eigenvalue weighted by molar-refractivity contribution is 6.17. The van der Waals surface area contributed by atoms with Crippen LogP contribution in [-0.2, 0) is 0 Å². The molecule has 0 aromatic heterocycles. The van der Waals surface area contributed by atoms with E-state index in [1.807, 2.05) is 0 Å². The molecule has 0 aliphatic carbocycles. The average Bonchev–Trinajstić information content (AvgIpc) is 2.21. The normalized spacial score (nSPS) is 11.3. The fourth-order valence-electron chi connectivity index (χ4n) is 1.44. The van der Waals surface area contributed by atoms with Crippen LogP contribution >= 0.6 is 11.6 Å². The van der Waals surface area contributed by atoms with Gasteiger partial charge in [-0.2, -0.15) is 0 Å². The first-order valence-electron chi connectivity index (χ1n) is 6.12. The minimum atomic E-state index is 0.830. The van der Waals surface area contributed by atoms with Crippen molar-refractivity contribution < 1.29 is 0 Å². The summed E-state index contributed by atoms with van der Waals surface area (Å²) in [6, 6.07) is 0. The average molecular weight is 217 g/mol. The third-order valence-electron chi connectivity index (χ3n) is 2.40. The quantitative estimate of drug-likeness (QED) is 0.264. The van der Waals surface area contributed by atoms with Crippen LogP contribution in [0.1, 0.15) is 64.7 Å². The maximum Gasteiger partial charge on any atom is 0.0223 e. The first kappa shape index (κ1) is 14.0. The molecule has 0 aromatic rings. The Bertz CT molecular complexity index is 118. The van der Waals surface area contributed by atoms with Crippen LogP contribution in [-0.4, -0.2) is 5.88 Å². The zero-order valence-corrected chi connectivity index (χ0v) is 10.4. The third kappa shape index (κ3) is 12.0. The third-order valence-corrected chi connectivity index (χ3v) is 2.66. The summed E-state index contributed by atoms with van der Waals surface area (Å²) >= 11 is 5.60. The Morgan fingerprint density at radius 2 is 1.36 bits per heavy atom. The number of rotatable bonds is 10. The van der Waals surface area contributed by atoms with Crippen molar-refractivity contribution in [2.75, 3.05) is 5.88 Å². The Kier molecular flexibility index (Phi) is 13.1. The Labute approximate surface area is 94.7 Å². The highest BCUT2D eigenvalue weighted by Crippen LogP contribution is 2.07. The van der Waals surface area contributed by atoms with Gasteiger partial charge in [-0.25, -0.2) is 0 Å². The molecule has 0 N–H and O–H groups in total. The molecule has 0 heterocycles. The van der Waals surface area contributed by atoms with Gasteiger partial charge in [0.1, 0.15) is 0 Å². The topological polar surface area (TPSA) is 0 Å². The van der Waals surface area contributed by atoms with Gasteiger partial charge >= 0.3 is 0 Å². The second-order valence-corrected chi connectivity index (χ2v) is 4.24. The number of alkyl halides is 1. The van der Waals surface area contributed by atoms with Crippen molar-refractivity contribution in [3.8, 4) is 0 Å². The molecule has 0 spiro atoms. The van der Waals surface area contributed by atoms with E-state index in [4.69, 9.17) is 11.6 Å². The van der Waals surface area contributed by atoms with Crippen LogP contribution < -0.4 is 0 Å². The van der Waals surface area contributed by atoms with Gasteiger partial charge in [0.2, 0.25) is 0 Å². The first-order valence-corrected chi connectivity index (χ1v) is 6.66. The summed E-state index contributed by atoms with van der Waals surface area (Å²) in [5.74, 6) is 0.830. The molecular weight excluding hydrogens is 192 g/mol. The number of halogens is 1. The molecule has 84 valence electrons. The van der Waals surface area contributed by atoms with Gasteiger partial charge in [0, 0.05) is 5.88 Å². The monoisotopic (exact) mass is 216 g/mol. The molecule has 0 saturated heterocycles. The summed E-state index contributed by atoms with van der Waals surface area (Å²) < 4.78 is 0. The van der Waals surface area contributed by atoms with Gasteiger partial charge in [0.15, 0.2) is 0 Å². The van der Waals surface area contributed by atoms with E-state index < -0.39 is 0 Å². The van der Waals surface area contributed by atoms with Crippen LogP contribution in [0, 0.1) is 0 Å². The number of hydrogen-bond donors (Lipinski definition) is 0. The molecule has 0 rings (SSSR count). The Balaban J connectivity index is 2.94. The van der Waals surface area contributed by atoms with Crippen LogP contribution in [0.5, 0.6) is 0 Å². The highest BCUT2D eigenvalue weighted by Gasteiger charge is 1.88. The van der Waals surface area contributed by atoms with E-state index in [9.17, 15) is 0 Å². The molecule has 0 nitrogen and oxygen atoms in total. The lowest BCUT2D eigenvalue weighted by atomic mass is 10.1. The van der Waals surface area contributed by atoms with Crippen LogP contribution in [0.3, 0.4) is 0 Å². The lowest BCUT2D eigenvalue weighted by Gasteiger charge is -1.97. The molecule has 0 amide bonds. The zero-order chi connectivity index (χ0) is 10.5. The molecule has 0 unspecified atom stereocenters. The van der Waals surface area contributed by atoms with E-state index in [2.05, 4.69) is 19.1 Å². The Morgan fingerprint density at radius 1 is 0.786 bits per heavy atom. The van der Waals surface area contributed by atoms with E-state index in [1.165, 1.54) is 57.8 Å². The van der Waals surface area contributed by atoms with Gasteiger partial charge in [-0.1, -0.05) is 51.2 Å². The smallest absolute Gasteiger partial charge is 0.0223 e. The SMILES string of the molecule is CCCC/C=C\CCCCCCCCl. The molecule has 0 saturated carbocycles. The highest BCUT2D eigenvalue weighted by atomic mass is 35.5. The Morgan fingerprint density at radius 3 is 2.00 bits per heavy atom. The van der Waals surface area contributed by atoms with Crippen molar-refractivity contribution in [1.29, 1.82) is 0 Å². The number of allylic oxidation sites excluding steroid dienone is 2. The van der Waals surface area contributed by atoms with Gasteiger partial charge in [0.05, 0.1) is 0 Å². The first-order chi connectivity index (χ1) is 6.91. The van der Waals surface area contributed by atoms with Crippen LogP contribution in [0.2, 0.25) is 0 Å². The van der Waals surface area contributed by atoms with E-state index in [0.29, 0.717) is 0 Å². The standard InChI is InChI=1S/C13H25Cl/c1-2-3-4-5-6-7-8-9-10-11-12-13-14/h5-6H,2-4,7-13H2,1H3/b6-5-. The zero-order valence-electron chi connectivity index (χ0n) is 9.60. The number of hydrogen-bond acceptors (Lipinski definition) is 0. The molecule has 0 aliphatic heterocycles. The van der Waals surface area contributed by atoms with E-state index in [0.717, 1.165) is 5.88 Å². The second-order valence-electron chi connectivity index (χ2n) is 3.86. The van der Waals surface area contributed by atoms with E-state index in [1.54, 1.807) is 0 Å². The predicted octanol–water partition coefficient (Wildman–Crippen LogP) is 5.31. The van der Waals surface area contributed by atoms with Crippen molar-refractivity contribution in [1.82, 2.24) is 0 Å². The minimum absolute atomic E-state index is 0.830. The van der Waals surface area contributed by atoms with Crippen molar-refractivity contribution in [2.24, 2.45) is 0 Å². The van der Waals surface area contributed by atoms with Crippen molar-refractivity contribution in [2.45, 2.75) is 64.7 Å². The summed E-state index contributed by atoms with van der Waals surface area (Å²) in [4.78, 5) is 0. The van der Waals surface area contributed by atoms with Gasteiger partial charge in [-0.15, -0.1) is 11.6 Å². The molecule has 0 bridgehead atoms. The van der Waals surface area contributed by atoms with Crippen molar-refractivity contribution in [3.63, 3.8) is 0 Å². The molecule has 0 radical (unpaired) electrons. The molecule has 14 heavy (non-hydrogen) atoms. The Hall–Kier alpha value is 0.0300. The largest absolute Gasteiger partial charge is 0.127 e. The van der Waals surface area contributed by atoms with Gasteiger partial charge in [0.25, 0.3) is 0 Å². The maximum absolute atomic E-state index is 5.60. The predicted molar refractivity (Wildman–Crippen MR) is 67.1 cm³/mol. The van der Waals surface area contributed by atoms with Crippen molar-refractivity contribution in [3.05, 3.63) is 12.2 Å². The van der Waals surface area contributed by atoms with Gasteiger partial charge in [-0.05, 0) is 25.7 Å². The minimum Gasteiger partial charge on any atom is -0.127 e. The molecule has 0 aliphatic rings.